The molecule has 0 aliphatic heterocycles. The molecule has 4 aromatic rings. The van der Waals surface area contributed by atoms with Crippen LogP contribution in [0.1, 0.15) is 43.9 Å². The molecule has 1 unspecified atom stereocenters. The lowest BCUT2D eigenvalue weighted by Gasteiger charge is -2.18. The number of nitrogens with zero attached hydrogens (tertiary/aromatic N) is 3. The zero-order chi connectivity index (χ0) is 22.7. The van der Waals surface area contributed by atoms with Gasteiger partial charge >= 0.3 is 0 Å². The van der Waals surface area contributed by atoms with E-state index in [9.17, 15) is 10.1 Å². The van der Waals surface area contributed by atoms with Gasteiger partial charge in [0, 0.05) is 23.1 Å². The van der Waals surface area contributed by atoms with Crippen LogP contribution >= 0.6 is 11.3 Å². The quantitative estimate of drug-likeness (QED) is 0.236. The molecule has 0 saturated heterocycles. The van der Waals surface area contributed by atoms with Gasteiger partial charge in [0.1, 0.15) is 0 Å². The summed E-state index contributed by atoms with van der Waals surface area (Å²) in [6, 6.07) is 25.3. The van der Waals surface area contributed by atoms with Crippen molar-refractivity contribution in [3.63, 3.8) is 0 Å². The number of non-ortho nitro benzene ring substituents is 1. The number of rotatable bonds is 6. The summed E-state index contributed by atoms with van der Waals surface area (Å²) in [5.74, 6) is 0.467. The Bertz CT molecular complexity index is 1290. The third-order valence-corrected chi connectivity index (χ3v) is 6.39. The minimum Gasteiger partial charge on any atom is -0.309 e. The van der Waals surface area contributed by atoms with E-state index in [-0.39, 0.29) is 16.7 Å². The van der Waals surface area contributed by atoms with Gasteiger partial charge in [-0.05, 0) is 36.1 Å². The highest BCUT2D eigenvalue weighted by molar-refractivity contribution is 7.07. The first-order chi connectivity index (χ1) is 15.4. The smallest absolute Gasteiger partial charge is 0.270 e. The van der Waals surface area contributed by atoms with Crippen LogP contribution in [0.25, 0.3) is 11.3 Å². The van der Waals surface area contributed by atoms with Crippen LogP contribution in [-0.4, -0.2) is 9.49 Å². The van der Waals surface area contributed by atoms with Crippen molar-refractivity contribution in [3.8, 4) is 11.3 Å². The molecule has 1 heterocycles. The predicted molar refractivity (Wildman–Crippen MR) is 130 cm³/mol. The van der Waals surface area contributed by atoms with E-state index in [4.69, 9.17) is 4.99 Å². The molecule has 162 valence electrons. The fourth-order valence-electron chi connectivity index (χ4n) is 3.69. The first-order valence-corrected chi connectivity index (χ1v) is 11.5. The highest BCUT2D eigenvalue weighted by atomic mass is 32.1. The standard InChI is InChI=1S/C26H25N3O2S/c1-18(2)20-12-14-23(15-13-20)27-26-28(19(3)21-8-5-4-6-9-21)25(17-32-26)22-10-7-11-24(16-22)29(30)31/h4-19H,1-3H3. The summed E-state index contributed by atoms with van der Waals surface area (Å²) in [6.45, 7) is 6.47. The second kappa shape index (κ2) is 9.32. The van der Waals surface area contributed by atoms with Crippen molar-refractivity contribution in [1.29, 1.82) is 0 Å². The zero-order valence-corrected chi connectivity index (χ0v) is 19.1. The van der Waals surface area contributed by atoms with E-state index in [0.717, 1.165) is 27.3 Å². The monoisotopic (exact) mass is 443 g/mol. The minimum atomic E-state index is -0.359. The van der Waals surface area contributed by atoms with E-state index in [1.54, 1.807) is 23.5 Å². The molecule has 0 spiro atoms. The summed E-state index contributed by atoms with van der Waals surface area (Å²) in [6.07, 6.45) is 0. The number of hydrogen-bond acceptors (Lipinski definition) is 4. The molecule has 6 heteroatoms. The topological polar surface area (TPSA) is 60.4 Å². The number of nitro groups is 1. The van der Waals surface area contributed by atoms with Gasteiger partial charge in [-0.25, -0.2) is 4.99 Å². The second-order valence-electron chi connectivity index (χ2n) is 8.03. The molecule has 32 heavy (non-hydrogen) atoms. The van der Waals surface area contributed by atoms with Gasteiger partial charge in [0.2, 0.25) is 0 Å². The van der Waals surface area contributed by atoms with E-state index in [2.05, 4.69) is 49.6 Å². The molecule has 0 radical (unpaired) electrons. The van der Waals surface area contributed by atoms with Gasteiger partial charge in [-0.3, -0.25) is 10.1 Å². The Balaban J connectivity index is 1.87. The molecule has 4 rings (SSSR count). The maximum absolute atomic E-state index is 11.3. The van der Waals surface area contributed by atoms with Crippen LogP contribution < -0.4 is 4.80 Å². The Morgan fingerprint density at radius 2 is 1.62 bits per heavy atom. The van der Waals surface area contributed by atoms with Crippen LogP contribution in [-0.2, 0) is 0 Å². The molecule has 0 amide bonds. The van der Waals surface area contributed by atoms with Crippen molar-refractivity contribution in [1.82, 2.24) is 4.57 Å². The van der Waals surface area contributed by atoms with E-state index < -0.39 is 0 Å². The number of nitro benzene ring substituents is 1. The van der Waals surface area contributed by atoms with Gasteiger partial charge in [-0.2, -0.15) is 0 Å². The first-order valence-electron chi connectivity index (χ1n) is 10.6. The van der Waals surface area contributed by atoms with Gasteiger partial charge < -0.3 is 4.57 Å². The molecule has 0 bridgehead atoms. The normalized spacial score (nSPS) is 12.8. The Hall–Kier alpha value is -3.51. The Labute approximate surface area is 191 Å². The van der Waals surface area contributed by atoms with Crippen LogP contribution in [0, 0.1) is 10.1 Å². The van der Waals surface area contributed by atoms with Crippen LogP contribution in [0.4, 0.5) is 11.4 Å². The molecule has 3 aromatic carbocycles. The molecule has 0 aliphatic carbocycles. The average Bonchev–Trinajstić information content (AvgIpc) is 3.23. The average molecular weight is 444 g/mol. The van der Waals surface area contributed by atoms with Crippen LogP contribution in [0.2, 0.25) is 0 Å². The summed E-state index contributed by atoms with van der Waals surface area (Å²) in [5, 5.41) is 13.4. The first kappa shape index (κ1) is 21.7. The van der Waals surface area contributed by atoms with E-state index in [1.165, 1.54) is 11.6 Å². The maximum atomic E-state index is 11.3. The molecule has 0 N–H and O–H groups in total. The number of benzene rings is 3. The molecular formula is C26H25N3O2S. The molecule has 1 aromatic heterocycles. The van der Waals surface area contributed by atoms with Gasteiger partial charge in [0.15, 0.2) is 4.80 Å². The van der Waals surface area contributed by atoms with Gasteiger partial charge in [0.25, 0.3) is 5.69 Å². The SMILES string of the molecule is CC(C)c1ccc(N=c2scc(-c3cccc([N+](=O)[O-])c3)n2C(C)c2ccccc2)cc1. The van der Waals surface area contributed by atoms with Crippen molar-refractivity contribution >= 4 is 22.7 Å². The molecule has 1 atom stereocenters. The van der Waals surface area contributed by atoms with Crippen LogP contribution in [0.15, 0.2) is 89.2 Å². The highest BCUT2D eigenvalue weighted by Crippen LogP contribution is 2.29. The van der Waals surface area contributed by atoms with Gasteiger partial charge in [0.05, 0.1) is 22.3 Å². The molecule has 0 saturated carbocycles. The maximum Gasteiger partial charge on any atom is 0.270 e. The lowest BCUT2D eigenvalue weighted by Crippen LogP contribution is -2.20. The summed E-state index contributed by atoms with van der Waals surface area (Å²) < 4.78 is 2.16. The minimum absolute atomic E-state index is 0.00500. The Kier molecular flexibility index (Phi) is 6.32. The molecule has 5 nitrogen and oxygen atoms in total. The van der Waals surface area contributed by atoms with Gasteiger partial charge in [-0.1, -0.05) is 68.4 Å². The fraction of sp³-hybridized carbons (Fsp3) is 0.192. The third-order valence-electron chi connectivity index (χ3n) is 5.55. The van der Waals surface area contributed by atoms with Gasteiger partial charge in [-0.15, -0.1) is 11.3 Å². The summed E-state index contributed by atoms with van der Waals surface area (Å²) in [4.78, 5) is 16.8. The fourth-order valence-corrected chi connectivity index (χ4v) is 4.69. The van der Waals surface area contributed by atoms with E-state index in [0.29, 0.717) is 5.92 Å². The van der Waals surface area contributed by atoms with E-state index in [1.807, 2.05) is 41.8 Å². The lowest BCUT2D eigenvalue weighted by molar-refractivity contribution is -0.384. The van der Waals surface area contributed by atoms with Crippen LogP contribution in [0.5, 0.6) is 0 Å². The number of thiazole rings is 1. The summed E-state index contributed by atoms with van der Waals surface area (Å²) >= 11 is 1.54. The molecule has 0 aliphatic rings. The summed E-state index contributed by atoms with van der Waals surface area (Å²) in [5.41, 5.74) is 5.10. The highest BCUT2D eigenvalue weighted by Gasteiger charge is 2.17. The van der Waals surface area contributed by atoms with E-state index >= 15 is 0 Å². The van der Waals surface area contributed by atoms with Crippen molar-refractivity contribution < 1.29 is 4.92 Å². The van der Waals surface area contributed by atoms with Crippen molar-refractivity contribution in [2.45, 2.75) is 32.7 Å². The number of hydrogen-bond donors (Lipinski definition) is 0. The second-order valence-corrected chi connectivity index (χ2v) is 8.86. The summed E-state index contributed by atoms with van der Waals surface area (Å²) in [7, 11) is 0. The van der Waals surface area contributed by atoms with Crippen molar-refractivity contribution in [2.24, 2.45) is 4.99 Å². The van der Waals surface area contributed by atoms with Crippen molar-refractivity contribution in [2.75, 3.05) is 0 Å². The number of aromatic nitrogens is 1. The van der Waals surface area contributed by atoms with Crippen LogP contribution in [0.3, 0.4) is 0 Å². The molecular weight excluding hydrogens is 418 g/mol. The predicted octanol–water partition coefficient (Wildman–Crippen LogP) is 7.09. The Morgan fingerprint density at radius 3 is 2.28 bits per heavy atom. The largest absolute Gasteiger partial charge is 0.309 e. The molecule has 0 fully saturated rings. The van der Waals surface area contributed by atoms with Crippen molar-refractivity contribution in [3.05, 3.63) is 110 Å². The third kappa shape index (κ3) is 4.55. The lowest BCUT2D eigenvalue weighted by atomic mass is 10.0. The Morgan fingerprint density at radius 1 is 0.906 bits per heavy atom. The zero-order valence-electron chi connectivity index (χ0n) is 18.3.